The van der Waals surface area contributed by atoms with E-state index < -0.39 is 11.1 Å². The smallest absolute Gasteiger partial charge is 0.345 e. The molecule has 0 aromatic rings. The van der Waals surface area contributed by atoms with E-state index >= 15 is 0 Å². The Bertz CT molecular complexity index is 110. The number of hydrogen-bond donors (Lipinski definition) is 3. The number of thiocarbonyl (C=S) groups is 1. The number of amides is 2. The number of hydroxylamine groups is 2. The molecule has 0 atom stereocenters. The van der Waals surface area contributed by atoms with Crippen LogP contribution >= 0.6 is 12.2 Å². The van der Waals surface area contributed by atoms with E-state index in [1.54, 1.807) is 0 Å². The first-order valence-corrected chi connectivity index (χ1v) is 2.04. The number of nitrogens with zero attached hydrogens (tertiary/aromatic N) is 1. The number of carbonyl (C=O) groups is 1. The molecule has 0 spiro atoms. The van der Waals surface area contributed by atoms with Crippen molar-refractivity contribution in [1.29, 1.82) is 0 Å². The molecule has 5 nitrogen and oxygen atoms in total. The molecular weight excluding hydrogens is 130 g/mol. The molecule has 0 unspecified atom stereocenters. The summed E-state index contributed by atoms with van der Waals surface area (Å²) >= 11 is 4.15. The van der Waals surface area contributed by atoms with Gasteiger partial charge in [0.05, 0.1) is 0 Å². The van der Waals surface area contributed by atoms with Crippen LogP contribution < -0.4 is 11.5 Å². The summed E-state index contributed by atoms with van der Waals surface area (Å²) in [6, 6.07) is -1.09. The van der Waals surface area contributed by atoms with Crippen LogP contribution in [-0.4, -0.2) is 21.4 Å². The minimum Gasteiger partial charge on any atom is -0.374 e. The van der Waals surface area contributed by atoms with Gasteiger partial charge in [-0.25, -0.2) is 4.79 Å². The first kappa shape index (κ1) is 7.12. The van der Waals surface area contributed by atoms with Gasteiger partial charge in [-0.3, -0.25) is 5.21 Å². The Morgan fingerprint density at radius 1 is 1.62 bits per heavy atom. The molecule has 5 N–H and O–H groups in total. The average Bonchev–Trinajstić information content (AvgIpc) is 1.64. The van der Waals surface area contributed by atoms with Gasteiger partial charge in [0.25, 0.3) is 0 Å². The van der Waals surface area contributed by atoms with E-state index in [4.69, 9.17) is 10.9 Å². The predicted molar refractivity (Wildman–Crippen MR) is 30.0 cm³/mol. The first-order valence-electron chi connectivity index (χ1n) is 1.63. The first-order chi connectivity index (χ1) is 3.55. The monoisotopic (exact) mass is 135 g/mol. The molecule has 0 aromatic heterocycles. The lowest BCUT2D eigenvalue weighted by Crippen LogP contribution is -2.40. The molecule has 0 saturated carbocycles. The van der Waals surface area contributed by atoms with Gasteiger partial charge in [0.1, 0.15) is 0 Å². The fourth-order valence-corrected chi connectivity index (χ4v) is 0.199. The molecule has 0 aliphatic rings. The molecular formula is C2H5N3O2S. The zero-order chi connectivity index (χ0) is 6.73. The van der Waals surface area contributed by atoms with Gasteiger partial charge in [-0.05, 0) is 12.2 Å². The highest BCUT2D eigenvalue weighted by molar-refractivity contribution is 7.80. The number of carbonyl (C=O) groups excluding carboxylic acids is 1. The molecule has 6 heteroatoms. The number of primary amides is 1. The summed E-state index contributed by atoms with van der Waals surface area (Å²) in [6.45, 7) is 0. The maximum absolute atomic E-state index is 9.87. The molecule has 0 rings (SSSR count). The van der Waals surface area contributed by atoms with Gasteiger partial charge in [0, 0.05) is 0 Å². The van der Waals surface area contributed by atoms with Crippen molar-refractivity contribution in [2.45, 2.75) is 0 Å². The van der Waals surface area contributed by atoms with Gasteiger partial charge in [-0.15, -0.1) is 5.06 Å². The molecule has 0 radical (unpaired) electrons. The summed E-state index contributed by atoms with van der Waals surface area (Å²) in [5.41, 5.74) is 9.25. The van der Waals surface area contributed by atoms with Crippen molar-refractivity contribution in [2.75, 3.05) is 0 Å². The van der Waals surface area contributed by atoms with Gasteiger partial charge in [-0.2, -0.15) is 0 Å². The lowest BCUT2D eigenvalue weighted by atomic mass is 10.9. The molecule has 0 heterocycles. The van der Waals surface area contributed by atoms with Crippen LogP contribution in [0.4, 0.5) is 4.79 Å². The second-order valence-electron chi connectivity index (χ2n) is 0.988. The molecule has 0 saturated heterocycles. The molecule has 0 aromatic carbocycles. The fraction of sp³-hybridized carbons (Fsp3) is 0. The van der Waals surface area contributed by atoms with Crippen LogP contribution in [0.25, 0.3) is 0 Å². The Balaban J connectivity index is 3.83. The lowest BCUT2D eigenvalue weighted by molar-refractivity contribution is 0.0323. The lowest BCUT2D eigenvalue weighted by Gasteiger charge is -2.06. The molecule has 46 valence electrons. The quantitative estimate of drug-likeness (QED) is 0.225. The normalized spacial score (nSPS) is 8.12. The Labute approximate surface area is 50.8 Å². The molecule has 8 heavy (non-hydrogen) atoms. The molecule has 0 aliphatic heterocycles. The predicted octanol–water partition coefficient (Wildman–Crippen LogP) is -1.00. The zero-order valence-electron chi connectivity index (χ0n) is 3.87. The highest BCUT2D eigenvalue weighted by atomic mass is 32.1. The van der Waals surface area contributed by atoms with E-state index in [1.807, 2.05) is 0 Å². The Morgan fingerprint density at radius 2 is 2.00 bits per heavy atom. The van der Waals surface area contributed by atoms with Crippen molar-refractivity contribution < 1.29 is 10.0 Å². The van der Waals surface area contributed by atoms with E-state index in [-0.39, 0.29) is 5.06 Å². The Hall–Kier alpha value is -0.880. The van der Waals surface area contributed by atoms with E-state index in [0.717, 1.165) is 0 Å². The second kappa shape index (κ2) is 2.43. The molecule has 2 amide bonds. The summed E-state index contributed by atoms with van der Waals surface area (Å²) in [5.74, 6) is 0. The third-order valence-electron chi connectivity index (χ3n) is 0.418. The molecule has 0 fully saturated rings. The van der Waals surface area contributed by atoms with E-state index in [1.165, 1.54) is 0 Å². The highest BCUT2D eigenvalue weighted by Crippen LogP contribution is 1.76. The number of rotatable bonds is 0. The van der Waals surface area contributed by atoms with Crippen LogP contribution in [0.15, 0.2) is 0 Å². The third-order valence-corrected chi connectivity index (χ3v) is 0.590. The number of urea groups is 1. The van der Waals surface area contributed by atoms with Crippen LogP contribution in [0, 0.1) is 0 Å². The second-order valence-corrected chi connectivity index (χ2v) is 1.41. The van der Waals surface area contributed by atoms with E-state index in [2.05, 4.69) is 18.0 Å². The topological polar surface area (TPSA) is 92.6 Å². The van der Waals surface area contributed by atoms with Gasteiger partial charge in [0.15, 0.2) is 5.11 Å². The maximum Gasteiger partial charge on any atom is 0.345 e. The molecule has 0 aliphatic carbocycles. The van der Waals surface area contributed by atoms with Crippen LogP contribution in [0.5, 0.6) is 0 Å². The van der Waals surface area contributed by atoms with Crippen molar-refractivity contribution in [3.05, 3.63) is 0 Å². The highest BCUT2D eigenvalue weighted by Gasteiger charge is 2.05. The van der Waals surface area contributed by atoms with Crippen molar-refractivity contribution in [2.24, 2.45) is 11.5 Å². The summed E-state index contributed by atoms with van der Waals surface area (Å²) < 4.78 is 0. The Kier molecular flexibility index (Phi) is 2.17. The minimum atomic E-state index is -1.09. The van der Waals surface area contributed by atoms with E-state index in [9.17, 15) is 4.79 Å². The maximum atomic E-state index is 9.87. The minimum absolute atomic E-state index is 0.0185. The Morgan fingerprint density at radius 3 is 2.00 bits per heavy atom. The van der Waals surface area contributed by atoms with Crippen LogP contribution in [-0.2, 0) is 0 Å². The van der Waals surface area contributed by atoms with Crippen LogP contribution in [0.1, 0.15) is 0 Å². The van der Waals surface area contributed by atoms with Crippen molar-refractivity contribution in [1.82, 2.24) is 5.06 Å². The SMILES string of the molecule is NC(=O)N(O)C(N)=S. The van der Waals surface area contributed by atoms with Crippen LogP contribution in [0.2, 0.25) is 0 Å². The van der Waals surface area contributed by atoms with Crippen molar-refractivity contribution >= 4 is 23.4 Å². The summed E-state index contributed by atoms with van der Waals surface area (Å²) in [4.78, 5) is 9.87. The fourth-order valence-electron chi connectivity index (χ4n) is 0.109. The number of nitrogens with two attached hydrogens (primary N) is 2. The van der Waals surface area contributed by atoms with Gasteiger partial charge < -0.3 is 11.5 Å². The van der Waals surface area contributed by atoms with Crippen molar-refractivity contribution in [3.8, 4) is 0 Å². The van der Waals surface area contributed by atoms with Gasteiger partial charge >= 0.3 is 6.03 Å². The largest absolute Gasteiger partial charge is 0.374 e. The number of hydrogen-bond acceptors (Lipinski definition) is 3. The standard InChI is InChI=1S/C2H5N3O2S/c3-1(6)5(7)2(4)8/h7H,(H2,3,6)(H2,4,8). The van der Waals surface area contributed by atoms with Crippen LogP contribution in [0.3, 0.4) is 0 Å². The summed E-state index contributed by atoms with van der Waals surface area (Å²) in [7, 11) is 0. The van der Waals surface area contributed by atoms with E-state index in [0.29, 0.717) is 0 Å². The van der Waals surface area contributed by atoms with Gasteiger partial charge in [0.2, 0.25) is 0 Å². The molecule has 0 bridgehead atoms. The van der Waals surface area contributed by atoms with Gasteiger partial charge in [-0.1, -0.05) is 0 Å². The zero-order valence-corrected chi connectivity index (χ0v) is 4.68. The summed E-state index contributed by atoms with van der Waals surface area (Å²) in [6.07, 6.45) is 0. The third kappa shape index (κ3) is 1.71. The van der Waals surface area contributed by atoms with Crippen molar-refractivity contribution in [3.63, 3.8) is 0 Å². The average molecular weight is 135 g/mol. The summed E-state index contributed by atoms with van der Waals surface area (Å²) in [5, 5.41) is 7.82.